The van der Waals surface area contributed by atoms with Crippen molar-refractivity contribution < 1.29 is 4.79 Å². The van der Waals surface area contributed by atoms with E-state index in [9.17, 15) is 10.1 Å². The topological polar surface area (TPSA) is 78.7 Å². The highest BCUT2D eigenvalue weighted by atomic mass is 35.5. The van der Waals surface area contributed by atoms with Gasteiger partial charge in [0, 0.05) is 29.5 Å². The van der Waals surface area contributed by atoms with Crippen LogP contribution in [0.5, 0.6) is 0 Å². The van der Waals surface area contributed by atoms with Gasteiger partial charge in [-0.15, -0.1) is 11.8 Å². The Morgan fingerprint density at radius 1 is 1.00 bits per heavy atom. The van der Waals surface area contributed by atoms with Gasteiger partial charge in [-0.05, 0) is 23.8 Å². The van der Waals surface area contributed by atoms with E-state index >= 15 is 0 Å². The molecule has 0 saturated heterocycles. The average molecular weight is 471 g/mol. The van der Waals surface area contributed by atoms with E-state index in [-0.39, 0.29) is 12.3 Å². The predicted molar refractivity (Wildman–Crippen MR) is 133 cm³/mol. The highest BCUT2D eigenvalue weighted by Crippen LogP contribution is 2.34. The molecule has 0 aliphatic carbocycles. The van der Waals surface area contributed by atoms with E-state index in [0.717, 1.165) is 22.4 Å². The lowest BCUT2D eigenvalue weighted by Gasteiger charge is -2.12. The first-order valence-electron chi connectivity index (χ1n) is 10.2. The van der Waals surface area contributed by atoms with Gasteiger partial charge in [-0.3, -0.25) is 4.79 Å². The minimum absolute atomic E-state index is 0.168. The molecule has 0 spiro atoms. The minimum atomic E-state index is -0.168. The summed E-state index contributed by atoms with van der Waals surface area (Å²) < 4.78 is 0. The number of halogens is 1. The smallest absolute Gasteiger partial charge is 0.226 e. The second-order valence-corrected chi connectivity index (χ2v) is 8.61. The van der Waals surface area contributed by atoms with Gasteiger partial charge in [-0.25, -0.2) is 9.97 Å². The van der Waals surface area contributed by atoms with Crippen molar-refractivity contribution in [3.05, 3.63) is 95.6 Å². The molecule has 2 heterocycles. The highest BCUT2D eigenvalue weighted by Gasteiger charge is 2.16. The summed E-state index contributed by atoms with van der Waals surface area (Å²) in [5.74, 6) is 0.745. The molecule has 0 radical (unpaired) electrons. The molecule has 0 aliphatic heterocycles. The van der Waals surface area contributed by atoms with Crippen molar-refractivity contribution in [2.24, 2.45) is 0 Å². The number of nitrogens with zero attached hydrogens (tertiary/aromatic N) is 3. The van der Waals surface area contributed by atoms with Crippen molar-refractivity contribution >= 4 is 35.1 Å². The van der Waals surface area contributed by atoms with E-state index in [2.05, 4.69) is 16.4 Å². The standard InChI is InChI=1S/C26H19ClN4OS/c27-20-11-12-24(29-17-20)31-25(32)13-14-33-26-22(16-28)21(18-7-3-1-4-8-18)15-23(30-26)19-9-5-2-6-10-19/h1-12,15,17H,13-14H2,(H,29,31,32). The van der Waals surface area contributed by atoms with Gasteiger partial charge in [0.25, 0.3) is 0 Å². The third-order valence-electron chi connectivity index (χ3n) is 4.82. The summed E-state index contributed by atoms with van der Waals surface area (Å²) in [4.78, 5) is 21.2. The number of hydrogen-bond acceptors (Lipinski definition) is 5. The van der Waals surface area contributed by atoms with Crippen molar-refractivity contribution in [3.8, 4) is 28.5 Å². The van der Waals surface area contributed by atoms with Crippen LogP contribution < -0.4 is 5.32 Å². The molecular formula is C26H19ClN4OS. The minimum Gasteiger partial charge on any atom is -0.311 e. The van der Waals surface area contributed by atoms with E-state index in [1.54, 1.807) is 12.1 Å². The second kappa shape index (κ2) is 10.8. The molecule has 7 heteroatoms. The number of carbonyl (C=O) groups is 1. The Hall–Kier alpha value is -3.66. The molecule has 0 fully saturated rings. The van der Waals surface area contributed by atoms with Crippen LogP contribution >= 0.6 is 23.4 Å². The van der Waals surface area contributed by atoms with E-state index < -0.39 is 0 Å². The summed E-state index contributed by atoms with van der Waals surface area (Å²) in [6.45, 7) is 0. The molecule has 0 aliphatic rings. The summed E-state index contributed by atoms with van der Waals surface area (Å²) in [5.41, 5.74) is 4.02. The van der Waals surface area contributed by atoms with Gasteiger partial charge < -0.3 is 5.32 Å². The largest absolute Gasteiger partial charge is 0.311 e. The number of benzene rings is 2. The number of thioether (sulfide) groups is 1. The van der Waals surface area contributed by atoms with Crippen molar-refractivity contribution in [3.63, 3.8) is 0 Å². The Morgan fingerprint density at radius 3 is 2.33 bits per heavy atom. The maximum Gasteiger partial charge on any atom is 0.226 e. The average Bonchev–Trinajstić information content (AvgIpc) is 2.86. The van der Waals surface area contributed by atoms with Crippen LogP contribution in [0, 0.1) is 11.3 Å². The molecule has 2 aromatic heterocycles. The lowest BCUT2D eigenvalue weighted by molar-refractivity contribution is -0.115. The third kappa shape index (κ3) is 5.78. The zero-order valence-corrected chi connectivity index (χ0v) is 19.1. The number of rotatable bonds is 7. The van der Waals surface area contributed by atoms with Crippen LogP contribution in [0.4, 0.5) is 5.82 Å². The van der Waals surface area contributed by atoms with Crippen LogP contribution in [0.3, 0.4) is 0 Å². The molecule has 33 heavy (non-hydrogen) atoms. The Morgan fingerprint density at radius 2 is 1.70 bits per heavy atom. The summed E-state index contributed by atoms with van der Waals surface area (Å²) in [6, 6.07) is 27.2. The van der Waals surface area contributed by atoms with Gasteiger partial charge in [-0.1, -0.05) is 72.3 Å². The highest BCUT2D eigenvalue weighted by molar-refractivity contribution is 7.99. The maximum atomic E-state index is 12.3. The van der Waals surface area contributed by atoms with Crippen LogP contribution in [-0.2, 0) is 4.79 Å². The molecule has 4 aromatic rings. The number of hydrogen-bond donors (Lipinski definition) is 1. The molecule has 0 bridgehead atoms. The van der Waals surface area contributed by atoms with Crippen LogP contribution in [0.1, 0.15) is 12.0 Å². The van der Waals surface area contributed by atoms with Gasteiger partial charge in [0.2, 0.25) is 5.91 Å². The number of anilines is 1. The molecule has 162 valence electrons. The lowest BCUT2D eigenvalue weighted by atomic mass is 9.99. The fourth-order valence-corrected chi connectivity index (χ4v) is 4.29. The summed E-state index contributed by atoms with van der Waals surface area (Å²) in [5, 5.41) is 13.8. The van der Waals surface area contributed by atoms with Crippen LogP contribution in [0.2, 0.25) is 5.02 Å². The zero-order chi connectivity index (χ0) is 23.0. The molecule has 0 atom stereocenters. The number of pyridine rings is 2. The van der Waals surface area contributed by atoms with E-state index in [1.165, 1.54) is 18.0 Å². The monoisotopic (exact) mass is 470 g/mol. The number of aromatic nitrogens is 2. The number of carbonyl (C=O) groups excluding carboxylic acids is 1. The van der Waals surface area contributed by atoms with Crippen LogP contribution in [0.25, 0.3) is 22.4 Å². The predicted octanol–water partition coefficient (Wildman–Crippen LogP) is 6.46. The molecule has 2 aromatic carbocycles. The first-order chi connectivity index (χ1) is 16.1. The first kappa shape index (κ1) is 22.5. The summed E-state index contributed by atoms with van der Waals surface area (Å²) in [6.07, 6.45) is 1.73. The van der Waals surface area contributed by atoms with Crippen molar-refractivity contribution in [2.45, 2.75) is 11.4 Å². The first-order valence-corrected chi connectivity index (χ1v) is 11.6. The van der Waals surface area contributed by atoms with Crippen molar-refractivity contribution in [1.82, 2.24) is 9.97 Å². The Balaban J connectivity index is 1.58. The van der Waals surface area contributed by atoms with Gasteiger partial charge in [-0.2, -0.15) is 5.26 Å². The van der Waals surface area contributed by atoms with Crippen LogP contribution in [0.15, 0.2) is 90.1 Å². The fraction of sp³-hybridized carbons (Fsp3) is 0.0769. The number of amides is 1. The quantitative estimate of drug-likeness (QED) is 0.314. The number of nitriles is 1. The molecular weight excluding hydrogens is 452 g/mol. The van der Waals surface area contributed by atoms with Crippen LogP contribution in [-0.4, -0.2) is 21.6 Å². The fourth-order valence-electron chi connectivity index (χ4n) is 3.23. The van der Waals surface area contributed by atoms with Gasteiger partial charge >= 0.3 is 0 Å². The Bertz CT molecular complexity index is 1290. The van der Waals surface area contributed by atoms with Gasteiger partial charge in [0.1, 0.15) is 16.9 Å². The normalized spacial score (nSPS) is 10.4. The lowest BCUT2D eigenvalue weighted by Crippen LogP contribution is -2.13. The summed E-state index contributed by atoms with van der Waals surface area (Å²) >= 11 is 7.23. The van der Waals surface area contributed by atoms with E-state index in [4.69, 9.17) is 16.6 Å². The molecule has 5 nitrogen and oxygen atoms in total. The Kier molecular flexibility index (Phi) is 7.36. The van der Waals surface area contributed by atoms with E-state index in [0.29, 0.717) is 27.2 Å². The number of nitrogens with one attached hydrogen (secondary N) is 1. The molecule has 0 unspecified atom stereocenters. The second-order valence-electron chi connectivity index (χ2n) is 7.09. The Labute approximate surface area is 201 Å². The molecule has 1 N–H and O–H groups in total. The van der Waals surface area contributed by atoms with Gasteiger partial charge in [0.05, 0.1) is 16.3 Å². The van der Waals surface area contributed by atoms with Crippen molar-refractivity contribution in [1.29, 1.82) is 5.26 Å². The third-order valence-corrected chi connectivity index (χ3v) is 6.02. The molecule has 4 rings (SSSR count). The molecule has 1 amide bonds. The van der Waals surface area contributed by atoms with Gasteiger partial charge in [0.15, 0.2) is 0 Å². The van der Waals surface area contributed by atoms with Crippen molar-refractivity contribution in [2.75, 3.05) is 11.1 Å². The summed E-state index contributed by atoms with van der Waals surface area (Å²) in [7, 11) is 0. The SMILES string of the molecule is N#Cc1c(-c2ccccc2)cc(-c2ccccc2)nc1SCCC(=O)Nc1ccc(Cl)cn1. The zero-order valence-electron chi connectivity index (χ0n) is 17.5. The molecule has 0 saturated carbocycles. The maximum absolute atomic E-state index is 12.3. The van der Waals surface area contributed by atoms with E-state index in [1.807, 2.05) is 66.7 Å².